The third-order valence-corrected chi connectivity index (χ3v) is 7.10. The lowest BCUT2D eigenvalue weighted by atomic mass is 10.1. The normalized spacial score (nSPS) is 13.7. The number of allylic oxidation sites excluding steroid dienone is 10. The maximum atomic E-state index is 9.96. The number of alkyl halides is 1. The van der Waals surface area contributed by atoms with Crippen LogP contribution >= 0.6 is 0 Å². The summed E-state index contributed by atoms with van der Waals surface area (Å²) in [5.41, 5.74) is 12.9. The number of aryl methyl sites for hydroxylation is 5. The van der Waals surface area contributed by atoms with Crippen molar-refractivity contribution in [2.45, 2.75) is 54.0 Å². The first-order chi connectivity index (χ1) is 20.8. The summed E-state index contributed by atoms with van der Waals surface area (Å²) in [4.78, 5) is 2.44. The molecule has 0 amide bonds. The van der Waals surface area contributed by atoms with E-state index >= 15 is 0 Å². The van der Waals surface area contributed by atoms with Crippen LogP contribution in [0, 0.1) is 34.6 Å². The zero-order valence-electron chi connectivity index (χ0n) is 26.7. The summed E-state index contributed by atoms with van der Waals surface area (Å²) in [6.07, 6.45) is 23.2. The number of halogens is 1. The quantitative estimate of drug-likeness (QED) is 0.322. The molecule has 0 saturated heterocycles. The standard InChI is InChI=1S/C23H25N.C15H17N.CH3F/c1-18-10-13-21(14-11-18)17-24(22-8-6-4-5-7-9-22)23-15-12-19(2)16-20(23)3;1-12-9-10-15(13(2)11-12)16-14-7-5-3-4-6-8-14;1-2/h4-8,10-16H,9,17H2,1-3H3;3-7,9-11,16H,8H2,1-2H3;1H3/i;;1D. The van der Waals surface area contributed by atoms with Crippen LogP contribution < -0.4 is 10.2 Å². The minimum atomic E-state index is -1.00. The highest BCUT2D eigenvalue weighted by atomic mass is 19.1. The average Bonchev–Trinajstić information content (AvgIpc) is 3.41. The molecule has 0 heterocycles. The van der Waals surface area contributed by atoms with Crippen molar-refractivity contribution in [3.8, 4) is 0 Å². The Morgan fingerprint density at radius 2 is 1.29 bits per heavy atom. The van der Waals surface area contributed by atoms with E-state index in [1.165, 1.54) is 56.1 Å². The van der Waals surface area contributed by atoms with Gasteiger partial charge in [0.1, 0.15) is 0 Å². The Morgan fingerprint density at radius 1 is 0.690 bits per heavy atom. The van der Waals surface area contributed by atoms with E-state index in [2.05, 4.69) is 166 Å². The molecule has 1 N–H and O–H groups in total. The number of nitrogens with zero attached hydrogens (tertiary/aromatic N) is 1. The Hall–Kier alpha value is -4.37. The second-order valence-electron chi connectivity index (χ2n) is 10.7. The van der Waals surface area contributed by atoms with Crippen molar-refractivity contribution in [1.29, 1.82) is 0 Å². The van der Waals surface area contributed by atoms with Crippen LogP contribution in [0.2, 0.25) is 0 Å². The third-order valence-electron chi connectivity index (χ3n) is 7.10. The van der Waals surface area contributed by atoms with Gasteiger partial charge in [0.2, 0.25) is 0 Å². The van der Waals surface area contributed by atoms with Gasteiger partial charge in [0, 0.05) is 42.2 Å². The Bertz CT molecular complexity index is 1510. The van der Waals surface area contributed by atoms with E-state index in [0.717, 1.165) is 19.4 Å². The second-order valence-corrected chi connectivity index (χ2v) is 10.7. The van der Waals surface area contributed by atoms with Gasteiger partial charge in [-0.15, -0.1) is 0 Å². The molecule has 42 heavy (non-hydrogen) atoms. The highest BCUT2D eigenvalue weighted by Crippen LogP contribution is 2.29. The van der Waals surface area contributed by atoms with Gasteiger partial charge in [0.05, 0.1) is 8.52 Å². The SMILES string of the molecule is Cc1ccc(CN(C2=CC=CC=CC2)c2ccc(C)cc2C)cc1.Cc1ccc(NC2=CC=CC=CC2)c(C)c1.[2H]CF. The lowest BCUT2D eigenvalue weighted by molar-refractivity contribution is 0.636. The van der Waals surface area contributed by atoms with E-state index in [4.69, 9.17) is 1.37 Å². The van der Waals surface area contributed by atoms with Gasteiger partial charge in [-0.05, 0) is 75.6 Å². The Morgan fingerprint density at radius 3 is 1.95 bits per heavy atom. The molecule has 5 rings (SSSR count). The minimum absolute atomic E-state index is 0.887. The first-order valence-corrected chi connectivity index (χ1v) is 14.4. The fourth-order valence-corrected chi connectivity index (χ4v) is 4.89. The van der Waals surface area contributed by atoms with Crippen LogP contribution in [0.4, 0.5) is 15.8 Å². The molecule has 3 aromatic rings. The van der Waals surface area contributed by atoms with Gasteiger partial charge in [-0.3, -0.25) is 4.39 Å². The van der Waals surface area contributed by atoms with Gasteiger partial charge >= 0.3 is 0 Å². The van der Waals surface area contributed by atoms with Crippen molar-refractivity contribution in [1.82, 2.24) is 0 Å². The fraction of sp³-hybridized carbons (Fsp3) is 0.231. The van der Waals surface area contributed by atoms with E-state index in [9.17, 15) is 4.39 Å². The summed E-state index contributed by atoms with van der Waals surface area (Å²) in [5, 5.41) is 3.47. The molecule has 0 bridgehead atoms. The van der Waals surface area contributed by atoms with Gasteiger partial charge in [-0.2, -0.15) is 0 Å². The molecule has 218 valence electrons. The molecule has 0 saturated carbocycles. The molecule has 2 aliphatic carbocycles. The van der Waals surface area contributed by atoms with E-state index in [-0.39, 0.29) is 0 Å². The lowest BCUT2D eigenvalue weighted by Crippen LogP contribution is -2.22. The number of hydrogen-bond acceptors (Lipinski definition) is 2. The first-order valence-electron chi connectivity index (χ1n) is 15.2. The van der Waals surface area contributed by atoms with Crippen LogP contribution in [0.3, 0.4) is 0 Å². The number of benzene rings is 3. The number of nitrogens with one attached hydrogen (secondary N) is 1. The maximum absolute atomic E-state index is 9.96. The topological polar surface area (TPSA) is 15.3 Å². The first kappa shape index (κ1) is 30.6. The summed E-state index contributed by atoms with van der Waals surface area (Å²) >= 11 is 0. The van der Waals surface area contributed by atoms with E-state index in [1.807, 2.05) is 0 Å². The molecule has 2 nitrogen and oxygen atoms in total. The highest BCUT2D eigenvalue weighted by molar-refractivity contribution is 5.60. The molecule has 2 aliphatic rings. The monoisotopic (exact) mass is 561 g/mol. The molecule has 0 fully saturated rings. The largest absolute Gasteiger partial charge is 0.358 e. The smallest absolute Gasteiger partial charge is 0.0785 e. The molecule has 3 aromatic carbocycles. The van der Waals surface area contributed by atoms with Crippen LogP contribution in [0.25, 0.3) is 0 Å². The Labute approximate surface area is 254 Å². The molecular formula is C39H45FN2. The zero-order valence-corrected chi connectivity index (χ0v) is 25.7. The number of hydrogen-bond donors (Lipinski definition) is 1. The van der Waals surface area contributed by atoms with Crippen LogP contribution in [-0.2, 0) is 6.54 Å². The summed E-state index contributed by atoms with van der Waals surface area (Å²) in [7, 11) is -1.00. The van der Waals surface area contributed by atoms with Crippen LogP contribution in [0.15, 0.2) is 133 Å². The van der Waals surface area contributed by atoms with E-state index in [1.54, 1.807) is 0 Å². The van der Waals surface area contributed by atoms with E-state index < -0.39 is 7.15 Å². The Kier molecular flexibility index (Phi) is 12.2. The Balaban J connectivity index is 0.000000230. The molecular weight excluding hydrogens is 515 g/mol. The molecule has 0 aromatic heterocycles. The summed E-state index contributed by atoms with van der Waals surface area (Å²) in [6, 6.07) is 22.0. The maximum Gasteiger partial charge on any atom is 0.0785 e. The predicted molar refractivity (Wildman–Crippen MR) is 182 cm³/mol. The van der Waals surface area contributed by atoms with Crippen molar-refractivity contribution < 1.29 is 5.76 Å². The number of rotatable bonds is 6. The van der Waals surface area contributed by atoms with Gasteiger partial charge in [-0.1, -0.05) is 114 Å². The fourth-order valence-electron chi connectivity index (χ4n) is 4.89. The zero-order chi connectivity index (χ0) is 31.0. The highest BCUT2D eigenvalue weighted by Gasteiger charge is 2.14. The van der Waals surface area contributed by atoms with Crippen LogP contribution in [-0.4, -0.2) is 7.15 Å². The molecule has 3 heteroatoms. The number of anilines is 2. The van der Waals surface area contributed by atoms with Crippen molar-refractivity contribution >= 4 is 11.4 Å². The average molecular weight is 562 g/mol. The lowest BCUT2D eigenvalue weighted by Gasteiger charge is -2.29. The molecule has 0 atom stereocenters. The van der Waals surface area contributed by atoms with E-state index in [0.29, 0.717) is 0 Å². The summed E-state index contributed by atoms with van der Waals surface area (Å²) in [6.45, 7) is 11.6. The van der Waals surface area contributed by atoms with Crippen molar-refractivity contribution in [2.24, 2.45) is 0 Å². The minimum Gasteiger partial charge on any atom is -0.358 e. The van der Waals surface area contributed by atoms with Crippen molar-refractivity contribution in [3.63, 3.8) is 0 Å². The third kappa shape index (κ3) is 9.92. The van der Waals surface area contributed by atoms with Crippen molar-refractivity contribution in [2.75, 3.05) is 17.4 Å². The van der Waals surface area contributed by atoms with Gasteiger partial charge in [-0.25, -0.2) is 0 Å². The molecule has 0 unspecified atom stereocenters. The van der Waals surface area contributed by atoms with Gasteiger partial charge in [0.15, 0.2) is 0 Å². The van der Waals surface area contributed by atoms with Crippen LogP contribution in [0.1, 0.15) is 47.6 Å². The van der Waals surface area contributed by atoms with Gasteiger partial charge in [0.25, 0.3) is 0 Å². The molecule has 0 aliphatic heterocycles. The molecule has 0 radical (unpaired) electrons. The van der Waals surface area contributed by atoms with Gasteiger partial charge < -0.3 is 10.2 Å². The second kappa shape index (κ2) is 16.8. The summed E-state index contributed by atoms with van der Waals surface area (Å²) in [5.74, 6) is 0. The predicted octanol–water partition coefficient (Wildman–Crippen LogP) is 10.7. The molecule has 0 spiro atoms. The van der Waals surface area contributed by atoms with Crippen molar-refractivity contribution in [3.05, 3.63) is 166 Å². The van der Waals surface area contributed by atoms with Crippen LogP contribution in [0.5, 0.6) is 0 Å². The summed E-state index contributed by atoms with van der Waals surface area (Å²) < 4.78 is 15.5.